The van der Waals surface area contributed by atoms with Crippen LogP contribution in [0.3, 0.4) is 0 Å². The molecule has 0 bridgehead atoms. The minimum Gasteiger partial charge on any atom is -0.352 e. The Hall–Kier alpha value is -1.36. The Morgan fingerprint density at radius 2 is 2.00 bits per heavy atom. The van der Waals surface area contributed by atoms with E-state index in [2.05, 4.69) is 26.6 Å². The molecule has 1 aromatic carbocycles. The second-order valence-electron chi connectivity index (χ2n) is 4.20. The Kier molecular flexibility index (Phi) is 6.56. The smallest absolute Gasteiger partial charge is 0.253 e. The molecule has 0 heterocycles. The summed E-state index contributed by atoms with van der Waals surface area (Å²) in [6.07, 6.45) is 2.29. The van der Waals surface area contributed by atoms with Crippen LogP contribution in [0.25, 0.3) is 0 Å². The zero-order valence-electron chi connectivity index (χ0n) is 11.3. The fraction of sp³-hybridized carbons (Fsp3) is 0.429. The average Bonchev–Trinajstić information content (AvgIpc) is 2.38. The molecule has 0 saturated carbocycles. The average molecular weight is 327 g/mol. The van der Waals surface area contributed by atoms with E-state index >= 15 is 0 Å². The number of amides is 2. The molecule has 0 aliphatic heterocycles. The van der Waals surface area contributed by atoms with Gasteiger partial charge in [-0.2, -0.15) is 0 Å². The summed E-state index contributed by atoms with van der Waals surface area (Å²) in [6, 6.07) is 5.25. The SMILES string of the molecule is CCCCC(=O)Nc1ccc(Br)cc1C(=O)NCC. The van der Waals surface area contributed by atoms with Crippen molar-refractivity contribution in [2.24, 2.45) is 0 Å². The fourth-order valence-corrected chi connectivity index (χ4v) is 1.98. The quantitative estimate of drug-likeness (QED) is 0.842. The van der Waals surface area contributed by atoms with Crippen LogP contribution in [0.1, 0.15) is 43.5 Å². The molecule has 0 atom stereocenters. The van der Waals surface area contributed by atoms with Crippen LogP contribution in [0.15, 0.2) is 22.7 Å². The summed E-state index contributed by atoms with van der Waals surface area (Å²) in [4.78, 5) is 23.7. The van der Waals surface area contributed by atoms with Gasteiger partial charge >= 0.3 is 0 Å². The molecule has 1 aromatic rings. The number of benzene rings is 1. The Balaban J connectivity index is 2.87. The summed E-state index contributed by atoms with van der Waals surface area (Å²) in [7, 11) is 0. The van der Waals surface area contributed by atoms with Crippen molar-refractivity contribution >= 4 is 33.4 Å². The van der Waals surface area contributed by atoms with E-state index in [-0.39, 0.29) is 11.8 Å². The first-order valence-electron chi connectivity index (χ1n) is 6.46. The molecule has 0 radical (unpaired) electrons. The van der Waals surface area contributed by atoms with Crippen molar-refractivity contribution in [1.29, 1.82) is 0 Å². The van der Waals surface area contributed by atoms with Gasteiger partial charge in [0.2, 0.25) is 5.91 Å². The Bertz CT molecular complexity index is 461. The summed E-state index contributed by atoms with van der Waals surface area (Å²) in [5, 5.41) is 5.53. The van der Waals surface area contributed by atoms with Gasteiger partial charge in [0.25, 0.3) is 5.91 Å². The zero-order valence-corrected chi connectivity index (χ0v) is 12.8. The van der Waals surface area contributed by atoms with Gasteiger partial charge in [0, 0.05) is 17.4 Å². The highest BCUT2D eigenvalue weighted by molar-refractivity contribution is 9.10. The van der Waals surface area contributed by atoms with E-state index in [0.29, 0.717) is 24.2 Å². The standard InChI is InChI=1S/C14H19BrN2O2/c1-3-5-6-13(18)17-12-8-7-10(15)9-11(12)14(19)16-4-2/h7-9H,3-6H2,1-2H3,(H,16,19)(H,17,18). The maximum Gasteiger partial charge on any atom is 0.253 e. The molecule has 0 fully saturated rings. The first kappa shape index (κ1) is 15.7. The number of carbonyl (C=O) groups excluding carboxylic acids is 2. The minimum absolute atomic E-state index is 0.0604. The molecule has 5 heteroatoms. The van der Waals surface area contributed by atoms with Crippen molar-refractivity contribution in [2.75, 3.05) is 11.9 Å². The van der Waals surface area contributed by atoms with Crippen molar-refractivity contribution in [3.8, 4) is 0 Å². The molecule has 0 spiro atoms. The van der Waals surface area contributed by atoms with Crippen LogP contribution in [0.2, 0.25) is 0 Å². The van der Waals surface area contributed by atoms with Gasteiger partial charge in [0.05, 0.1) is 11.3 Å². The third-order valence-electron chi connectivity index (χ3n) is 2.60. The second kappa shape index (κ2) is 7.94. The molecular formula is C14H19BrN2O2. The van der Waals surface area contributed by atoms with Crippen LogP contribution in [-0.2, 0) is 4.79 Å². The lowest BCUT2D eigenvalue weighted by Crippen LogP contribution is -2.24. The van der Waals surface area contributed by atoms with Crippen molar-refractivity contribution in [3.05, 3.63) is 28.2 Å². The summed E-state index contributed by atoms with van der Waals surface area (Å²) >= 11 is 3.33. The summed E-state index contributed by atoms with van der Waals surface area (Å²) in [6.45, 7) is 4.44. The van der Waals surface area contributed by atoms with E-state index in [9.17, 15) is 9.59 Å². The molecule has 4 nitrogen and oxygen atoms in total. The van der Waals surface area contributed by atoms with Crippen molar-refractivity contribution in [3.63, 3.8) is 0 Å². The molecule has 104 valence electrons. The van der Waals surface area contributed by atoms with Gasteiger partial charge in [-0.05, 0) is 31.5 Å². The number of unbranched alkanes of at least 4 members (excludes halogenated alkanes) is 1. The largest absolute Gasteiger partial charge is 0.352 e. The topological polar surface area (TPSA) is 58.2 Å². The predicted octanol–water partition coefficient (Wildman–Crippen LogP) is 3.33. The van der Waals surface area contributed by atoms with E-state index in [1.54, 1.807) is 18.2 Å². The van der Waals surface area contributed by atoms with Gasteiger partial charge in [-0.15, -0.1) is 0 Å². The van der Waals surface area contributed by atoms with E-state index in [4.69, 9.17) is 0 Å². The fourth-order valence-electron chi connectivity index (χ4n) is 1.62. The summed E-state index contributed by atoms with van der Waals surface area (Å²) in [5.74, 6) is -0.246. The van der Waals surface area contributed by atoms with E-state index in [1.807, 2.05) is 13.8 Å². The maximum atomic E-state index is 11.9. The Morgan fingerprint density at radius 1 is 1.26 bits per heavy atom. The van der Waals surface area contributed by atoms with Gasteiger partial charge in [-0.1, -0.05) is 29.3 Å². The van der Waals surface area contributed by atoms with E-state index < -0.39 is 0 Å². The van der Waals surface area contributed by atoms with Gasteiger partial charge in [-0.25, -0.2) is 0 Å². The number of carbonyl (C=O) groups is 2. The zero-order chi connectivity index (χ0) is 14.3. The molecule has 2 N–H and O–H groups in total. The normalized spacial score (nSPS) is 10.1. The highest BCUT2D eigenvalue weighted by Crippen LogP contribution is 2.21. The predicted molar refractivity (Wildman–Crippen MR) is 80.3 cm³/mol. The highest BCUT2D eigenvalue weighted by Gasteiger charge is 2.13. The summed E-state index contributed by atoms with van der Waals surface area (Å²) < 4.78 is 0.806. The monoisotopic (exact) mass is 326 g/mol. The third-order valence-corrected chi connectivity index (χ3v) is 3.09. The number of hydrogen-bond donors (Lipinski definition) is 2. The number of anilines is 1. The van der Waals surface area contributed by atoms with Crippen LogP contribution in [0.5, 0.6) is 0 Å². The van der Waals surface area contributed by atoms with Gasteiger partial charge in [0.1, 0.15) is 0 Å². The summed E-state index contributed by atoms with van der Waals surface area (Å²) in [5.41, 5.74) is 1.02. The Labute approximate surface area is 122 Å². The minimum atomic E-state index is -0.186. The van der Waals surface area contributed by atoms with E-state index in [1.165, 1.54) is 0 Å². The van der Waals surface area contributed by atoms with Gasteiger partial charge < -0.3 is 10.6 Å². The van der Waals surface area contributed by atoms with Crippen LogP contribution in [0, 0.1) is 0 Å². The number of rotatable bonds is 6. The van der Waals surface area contributed by atoms with Crippen LogP contribution >= 0.6 is 15.9 Å². The first-order chi connectivity index (χ1) is 9.08. The highest BCUT2D eigenvalue weighted by atomic mass is 79.9. The number of halogens is 1. The number of hydrogen-bond acceptors (Lipinski definition) is 2. The second-order valence-corrected chi connectivity index (χ2v) is 5.12. The molecule has 0 saturated heterocycles. The lowest BCUT2D eigenvalue weighted by atomic mass is 10.1. The molecule has 19 heavy (non-hydrogen) atoms. The van der Waals surface area contributed by atoms with Crippen LogP contribution in [0.4, 0.5) is 5.69 Å². The molecular weight excluding hydrogens is 308 g/mol. The van der Waals surface area contributed by atoms with E-state index in [0.717, 1.165) is 17.3 Å². The molecule has 0 aliphatic rings. The van der Waals surface area contributed by atoms with Crippen LogP contribution in [-0.4, -0.2) is 18.4 Å². The molecule has 0 unspecified atom stereocenters. The lowest BCUT2D eigenvalue weighted by Gasteiger charge is -2.11. The Morgan fingerprint density at radius 3 is 2.63 bits per heavy atom. The van der Waals surface area contributed by atoms with Crippen molar-refractivity contribution in [1.82, 2.24) is 5.32 Å². The first-order valence-corrected chi connectivity index (χ1v) is 7.25. The van der Waals surface area contributed by atoms with Crippen LogP contribution < -0.4 is 10.6 Å². The van der Waals surface area contributed by atoms with Gasteiger partial charge in [-0.3, -0.25) is 9.59 Å². The lowest BCUT2D eigenvalue weighted by molar-refractivity contribution is -0.116. The number of nitrogens with one attached hydrogen (secondary N) is 2. The third kappa shape index (κ3) is 5.03. The molecule has 1 rings (SSSR count). The molecule has 2 amide bonds. The maximum absolute atomic E-state index is 11.9. The molecule has 0 aromatic heterocycles. The van der Waals surface area contributed by atoms with Crippen molar-refractivity contribution < 1.29 is 9.59 Å². The van der Waals surface area contributed by atoms with Gasteiger partial charge in [0.15, 0.2) is 0 Å². The van der Waals surface area contributed by atoms with Crippen molar-refractivity contribution in [2.45, 2.75) is 33.1 Å². The molecule has 0 aliphatic carbocycles.